The van der Waals surface area contributed by atoms with Gasteiger partial charge in [0.2, 0.25) is 0 Å². The predicted molar refractivity (Wildman–Crippen MR) is 57.8 cm³/mol. The molecule has 2 N–H and O–H groups in total. The molecular formula is C11H24N2. The van der Waals surface area contributed by atoms with Crippen LogP contribution in [0.1, 0.15) is 46.0 Å². The van der Waals surface area contributed by atoms with Gasteiger partial charge in [0, 0.05) is 18.6 Å². The van der Waals surface area contributed by atoms with Crippen molar-refractivity contribution in [3.05, 3.63) is 0 Å². The van der Waals surface area contributed by atoms with Gasteiger partial charge in [-0.25, -0.2) is 0 Å². The minimum atomic E-state index is 0.326. The van der Waals surface area contributed by atoms with E-state index >= 15 is 0 Å². The van der Waals surface area contributed by atoms with Crippen LogP contribution in [0.3, 0.4) is 0 Å². The summed E-state index contributed by atoms with van der Waals surface area (Å²) in [5, 5.41) is 0. The van der Waals surface area contributed by atoms with Gasteiger partial charge in [0.05, 0.1) is 0 Å². The molecule has 0 aromatic heterocycles. The fraction of sp³-hybridized carbons (Fsp3) is 1.00. The van der Waals surface area contributed by atoms with Crippen molar-refractivity contribution < 1.29 is 0 Å². The Morgan fingerprint density at radius 1 is 1.38 bits per heavy atom. The quantitative estimate of drug-likeness (QED) is 0.727. The molecule has 1 fully saturated rings. The molecule has 1 heterocycles. The van der Waals surface area contributed by atoms with E-state index in [1.54, 1.807) is 0 Å². The van der Waals surface area contributed by atoms with Crippen LogP contribution in [0.15, 0.2) is 0 Å². The summed E-state index contributed by atoms with van der Waals surface area (Å²) < 4.78 is 0. The highest BCUT2D eigenvalue weighted by Crippen LogP contribution is 2.18. The van der Waals surface area contributed by atoms with Crippen molar-refractivity contribution in [3.8, 4) is 0 Å². The second kappa shape index (κ2) is 5.61. The van der Waals surface area contributed by atoms with Gasteiger partial charge in [-0.2, -0.15) is 0 Å². The average molecular weight is 184 g/mol. The van der Waals surface area contributed by atoms with E-state index in [2.05, 4.69) is 18.7 Å². The molecule has 0 saturated carbocycles. The Morgan fingerprint density at radius 3 is 2.77 bits per heavy atom. The van der Waals surface area contributed by atoms with Crippen molar-refractivity contribution >= 4 is 0 Å². The van der Waals surface area contributed by atoms with E-state index in [4.69, 9.17) is 5.73 Å². The Balaban J connectivity index is 2.44. The molecule has 13 heavy (non-hydrogen) atoms. The molecule has 0 aromatic carbocycles. The summed E-state index contributed by atoms with van der Waals surface area (Å²) in [5.41, 5.74) is 5.85. The molecule has 2 nitrogen and oxygen atoms in total. The maximum Gasteiger partial charge on any atom is 0.0139 e. The Kier molecular flexibility index (Phi) is 4.74. The van der Waals surface area contributed by atoms with Gasteiger partial charge in [-0.15, -0.1) is 0 Å². The Morgan fingerprint density at radius 2 is 2.15 bits per heavy atom. The number of rotatable bonds is 3. The van der Waals surface area contributed by atoms with Crippen LogP contribution in [0.25, 0.3) is 0 Å². The summed E-state index contributed by atoms with van der Waals surface area (Å²) >= 11 is 0. The van der Waals surface area contributed by atoms with Gasteiger partial charge >= 0.3 is 0 Å². The van der Waals surface area contributed by atoms with Gasteiger partial charge in [0.1, 0.15) is 0 Å². The smallest absolute Gasteiger partial charge is 0.0139 e. The highest BCUT2D eigenvalue weighted by Gasteiger charge is 2.19. The van der Waals surface area contributed by atoms with E-state index in [9.17, 15) is 0 Å². The monoisotopic (exact) mass is 184 g/mol. The normalized spacial score (nSPS) is 28.4. The Hall–Kier alpha value is -0.0800. The summed E-state index contributed by atoms with van der Waals surface area (Å²) in [6.45, 7) is 6.75. The molecule has 0 radical (unpaired) electrons. The first kappa shape index (κ1) is 11.0. The second-order valence-electron chi connectivity index (χ2n) is 4.38. The van der Waals surface area contributed by atoms with E-state index < -0.39 is 0 Å². The van der Waals surface area contributed by atoms with Crippen molar-refractivity contribution in [1.82, 2.24) is 4.90 Å². The van der Waals surface area contributed by atoms with Crippen LogP contribution in [0.5, 0.6) is 0 Å². The minimum absolute atomic E-state index is 0.326. The number of likely N-dealkylation sites (tertiary alicyclic amines) is 1. The summed E-state index contributed by atoms with van der Waals surface area (Å²) in [6.07, 6.45) is 6.85. The molecule has 1 rings (SSSR count). The van der Waals surface area contributed by atoms with E-state index in [-0.39, 0.29) is 0 Å². The van der Waals surface area contributed by atoms with Crippen LogP contribution in [-0.2, 0) is 0 Å². The first-order valence-electron chi connectivity index (χ1n) is 5.73. The van der Waals surface area contributed by atoms with Crippen molar-refractivity contribution in [2.45, 2.75) is 58.0 Å². The molecule has 0 aromatic rings. The van der Waals surface area contributed by atoms with Crippen LogP contribution < -0.4 is 5.73 Å². The fourth-order valence-corrected chi connectivity index (χ4v) is 2.31. The van der Waals surface area contributed by atoms with E-state index in [0.29, 0.717) is 6.04 Å². The molecule has 78 valence electrons. The molecule has 2 atom stereocenters. The van der Waals surface area contributed by atoms with Crippen LogP contribution >= 0.6 is 0 Å². The van der Waals surface area contributed by atoms with Gasteiger partial charge in [-0.3, -0.25) is 4.90 Å². The Bertz CT molecular complexity index is 134. The molecule has 0 bridgehead atoms. The van der Waals surface area contributed by atoms with Crippen molar-refractivity contribution in [2.24, 2.45) is 5.73 Å². The van der Waals surface area contributed by atoms with Crippen LogP contribution in [0.2, 0.25) is 0 Å². The molecule has 2 heteroatoms. The number of nitrogens with zero attached hydrogens (tertiary/aromatic N) is 1. The summed E-state index contributed by atoms with van der Waals surface area (Å²) in [5.74, 6) is 0. The third kappa shape index (κ3) is 3.65. The van der Waals surface area contributed by atoms with Crippen LogP contribution in [-0.4, -0.2) is 30.1 Å². The van der Waals surface area contributed by atoms with Crippen molar-refractivity contribution in [3.63, 3.8) is 0 Å². The van der Waals surface area contributed by atoms with E-state index in [0.717, 1.165) is 12.6 Å². The number of hydrogen-bond donors (Lipinski definition) is 1. The summed E-state index contributed by atoms with van der Waals surface area (Å²) in [7, 11) is 0. The zero-order valence-corrected chi connectivity index (χ0v) is 9.13. The molecule has 1 unspecified atom stereocenters. The molecule has 0 aliphatic carbocycles. The lowest BCUT2D eigenvalue weighted by Gasteiger charge is -2.30. The summed E-state index contributed by atoms with van der Waals surface area (Å²) in [6, 6.07) is 1.13. The zero-order chi connectivity index (χ0) is 9.68. The van der Waals surface area contributed by atoms with Gasteiger partial charge in [0.25, 0.3) is 0 Å². The lowest BCUT2D eigenvalue weighted by molar-refractivity contribution is 0.186. The lowest BCUT2D eigenvalue weighted by Crippen LogP contribution is -2.41. The molecule has 1 aliphatic heterocycles. The zero-order valence-electron chi connectivity index (χ0n) is 9.13. The second-order valence-corrected chi connectivity index (χ2v) is 4.38. The average Bonchev–Trinajstić information content (AvgIpc) is 2.28. The fourth-order valence-electron chi connectivity index (χ4n) is 2.31. The maximum atomic E-state index is 5.85. The predicted octanol–water partition coefficient (Wildman–Crippen LogP) is 1.99. The topological polar surface area (TPSA) is 29.3 Å². The Labute approximate surface area is 82.5 Å². The maximum absolute atomic E-state index is 5.85. The lowest BCUT2D eigenvalue weighted by atomic mass is 10.1. The van der Waals surface area contributed by atoms with Crippen molar-refractivity contribution in [2.75, 3.05) is 13.1 Å². The third-order valence-corrected chi connectivity index (χ3v) is 2.99. The first-order valence-corrected chi connectivity index (χ1v) is 5.73. The van der Waals surface area contributed by atoms with Gasteiger partial charge < -0.3 is 5.73 Å². The van der Waals surface area contributed by atoms with Crippen LogP contribution in [0, 0.1) is 0 Å². The minimum Gasteiger partial charge on any atom is -0.327 e. The first-order chi connectivity index (χ1) is 6.24. The highest BCUT2D eigenvalue weighted by atomic mass is 15.2. The van der Waals surface area contributed by atoms with Gasteiger partial charge in [-0.05, 0) is 32.7 Å². The van der Waals surface area contributed by atoms with Crippen LogP contribution in [0.4, 0.5) is 0 Å². The molecular weight excluding hydrogens is 160 g/mol. The highest BCUT2D eigenvalue weighted by molar-refractivity contribution is 4.76. The molecule has 0 amide bonds. The van der Waals surface area contributed by atoms with Gasteiger partial charge in [0.15, 0.2) is 0 Å². The molecule has 0 spiro atoms. The molecule has 1 aliphatic rings. The largest absolute Gasteiger partial charge is 0.327 e. The molecule has 1 saturated heterocycles. The number of nitrogens with two attached hydrogens (primary N) is 1. The van der Waals surface area contributed by atoms with Crippen molar-refractivity contribution in [1.29, 1.82) is 0 Å². The standard InChI is InChI=1S/C11H24N2/c1-3-11-7-5-4-6-8-13(11)9-10(2)12/h10-11H,3-9,12H2,1-2H3/t10-,11?/m0/s1. The van der Waals surface area contributed by atoms with Gasteiger partial charge in [-0.1, -0.05) is 19.8 Å². The van der Waals surface area contributed by atoms with E-state index in [1.165, 1.54) is 38.6 Å². The SMILES string of the molecule is CCC1CCCCCN1C[C@H](C)N. The third-order valence-electron chi connectivity index (χ3n) is 2.99. The summed E-state index contributed by atoms with van der Waals surface area (Å²) in [4.78, 5) is 2.59. The number of hydrogen-bond acceptors (Lipinski definition) is 2. The van der Waals surface area contributed by atoms with E-state index in [1.807, 2.05) is 0 Å².